The first-order valence-electron chi connectivity index (χ1n) is 3.36. The van der Waals surface area contributed by atoms with E-state index in [1.165, 1.54) is 10.4 Å². The van der Waals surface area contributed by atoms with Crippen LogP contribution < -0.4 is 0 Å². The summed E-state index contributed by atoms with van der Waals surface area (Å²) in [5.41, 5.74) is 1.45. The zero-order valence-corrected chi connectivity index (χ0v) is 6.40. The van der Waals surface area contributed by atoms with Crippen molar-refractivity contribution >= 4 is 17.4 Å². The van der Waals surface area contributed by atoms with Gasteiger partial charge in [0.1, 0.15) is 0 Å². The number of rotatable bonds is 0. The average Bonchev–Trinajstić information content (AvgIpc) is 2.28. The highest BCUT2D eigenvalue weighted by Crippen LogP contribution is 2.20. The van der Waals surface area contributed by atoms with Crippen LogP contribution in [0.3, 0.4) is 0 Å². The minimum Gasteiger partial charge on any atom is -0.144 e. The monoisotopic (exact) mass is 148 g/mol. The smallest absolute Gasteiger partial charge is 0.0305 e. The van der Waals surface area contributed by atoms with Gasteiger partial charge in [0.15, 0.2) is 0 Å². The van der Waals surface area contributed by atoms with Gasteiger partial charge in [0.25, 0.3) is 0 Å². The summed E-state index contributed by atoms with van der Waals surface area (Å²) in [6.07, 6.45) is 9.65. The molecule has 50 valence electrons. The third kappa shape index (κ3) is 0.929. The molecule has 1 aromatic rings. The number of thiophene rings is 1. The summed E-state index contributed by atoms with van der Waals surface area (Å²) in [5.74, 6) is 0. The molecule has 0 N–H and O–H groups in total. The number of hydrogen-bond acceptors (Lipinski definition) is 1. The molecule has 0 aromatic carbocycles. The fourth-order valence-electron chi connectivity index (χ4n) is 1.08. The lowest BCUT2D eigenvalue weighted by molar-refractivity contribution is 1.30. The van der Waals surface area contributed by atoms with Crippen LogP contribution in [-0.4, -0.2) is 0 Å². The Bertz CT molecular complexity index is 279. The Morgan fingerprint density at radius 1 is 1.30 bits per heavy atom. The maximum atomic E-state index is 2.19. The van der Waals surface area contributed by atoms with Crippen molar-refractivity contribution in [2.75, 3.05) is 0 Å². The predicted molar refractivity (Wildman–Crippen MR) is 46.2 cm³/mol. The third-order valence-electron chi connectivity index (χ3n) is 1.61. The molecule has 0 bridgehead atoms. The Balaban J connectivity index is 2.50. The first-order valence-corrected chi connectivity index (χ1v) is 4.24. The summed E-state index contributed by atoms with van der Waals surface area (Å²) < 4.78 is 0. The summed E-state index contributed by atoms with van der Waals surface area (Å²) in [6.45, 7) is 0. The van der Waals surface area contributed by atoms with Crippen LogP contribution in [0.2, 0.25) is 0 Å². The molecule has 0 saturated heterocycles. The average molecular weight is 148 g/mol. The van der Waals surface area contributed by atoms with Crippen LogP contribution in [0.5, 0.6) is 0 Å². The van der Waals surface area contributed by atoms with Gasteiger partial charge in [-0.05, 0) is 29.5 Å². The van der Waals surface area contributed by atoms with Crippen molar-refractivity contribution in [3.8, 4) is 0 Å². The molecule has 0 unspecified atom stereocenters. The van der Waals surface area contributed by atoms with Gasteiger partial charge < -0.3 is 0 Å². The standard InChI is InChI=1S/C9H8S/c1-2-4-8-6-7-10-9(8)5-3-1/h1-3,5-7H,4H2. The Morgan fingerprint density at radius 3 is 3.30 bits per heavy atom. The summed E-state index contributed by atoms with van der Waals surface area (Å²) >= 11 is 1.81. The van der Waals surface area contributed by atoms with Gasteiger partial charge in [-0.25, -0.2) is 0 Å². The molecule has 0 fully saturated rings. The first kappa shape index (κ1) is 5.93. The number of fused-ring (bicyclic) bond motifs is 1. The van der Waals surface area contributed by atoms with E-state index >= 15 is 0 Å². The molecular weight excluding hydrogens is 140 g/mol. The third-order valence-corrected chi connectivity index (χ3v) is 2.54. The van der Waals surface area contributed by atoms with Crippen molar-refractivity contribution < 1.29 is 0 Å². The first-order chi connectivity index (χ1) is 4.97. The minimum atomic E-state index is 1.09. The molecule has 0 radical (unpaired) electrons. The van der Waals surface area contributed by atoms with Gasteiger partial charge in [0.05, 0.1) is 0 Å². The van der Waals surface area contributed by atoms with Crippen LogP contribution in [0.15, 0.2) is 29.7 Å². The molecule has 1 aliphatic rings. The summed E-state index contributed by atoms with van der Waals surface area (Å²) in [4.78, 5) is 1.41. The van der Waals surface area contributed by atoms with Crippen LogP contribution in [0.1, 0.15) is 10.4 Å². The molecule has 10 heavy (non-hydrogen) atoms. The summed E-state index contributed by atoms with van der Waals surface area (Å²) in [5, 5.41) is 2.15. The van der Waals surface area contributed by atoms with E-state index in [2.05, 4.69) is 35.8 Å². The van der Waals surface area contributed by atoms with Gasteiger partial charge in [0.2, 0.25) is 0 Å². The Kier molecular flexibility index (Phi) is 1.44. The highest BCUT2D eigenvalue weighted by atomic mass is 32.1. The van der Waals surface area contributed by atoms with Crippen molar-refractivity contribution in [3.63, 3.8) is 0 Å². The molecule has 1 aromatic heterocycles. The molecule has 1 heteroatoms. The molecule has 2 rings (SSSR count). The predicted octanol–water partition coefficient (Wildman–Crippen LogP) is 2.87. The lowest BCUT2D eigenvalue weighted by Gasteiger charge is -1.89. The molecule has 0 atom stereocenters. The van der Waals surface area contributed by atoms with Gasteiger partial charge in [0, 0.05) is 4.88 Å². The molecule has 1 heterocycles. The van der Waals surface area contributed by atoms with E-state index in [-0.39, 0.29) is 0 Å². The maximum absolute atomic E-state index is 2.19. The zero-order chi connectivity index (χ0) is 6.81. The molecular formula is C9H8S. The van der Waals surface area contributed by atoms with Crippen molar-refractivity contribution in [2.45, 2.75) is 6.42 Å². The molecule has 1 aliphatic carbocycles. The van der Waals surface area contributed by atoms with Gasteiger partial charge in [-0.2, -0.15) is 0 Å². The van der Waals surface area contributed by atoms with Crippen LogP contribution in [0.4, 0.5) is 0 Å². The lowest BCUT2D eigenvalue weighted by atomic mass is 10.2. The molecule has 0 aliphatic heterocycles. The van der Waals surface area contributed by atoms with Crippen LogP contribution >= 0.6 is 11.3 Å². The lowest BCUT2D eigenvalue weighted by Crippen LogP contribution is -1.75. The van der Waals surface area contributed by atoms with Crippen molar-refractivity contribution in [2.24, 2.45) is 0 Å². The Labute approximate surface area is 64.5 Å². The highest BCUT2D eigenvalue weighted by Gasteiger charge is 1.99. The second-order valence-electron chi connectivity index (χ2n) is 2.30. The quantitative estimate of drug-likeness (QED) is 0.530. The van der Waals surface area contributed by atoms with Gasteiger partial charge in [-0.3, -0.25) is 0 Å². The second-order valence-corrected chi connectivity index (χ2v) is 3.25. The highest BCUT2D eigenvalue weighted by molar-refractivity contribution is 7.11. The minimum absolute atomic E-state index is 1.09. The van der Waals surface area contributed by atoms with E-state index in [0.717, 1.165) is 6.42 Å². The van der Waals surface area contributed by atoms with E-state index in [4.69, 9.17) is 0 Å². The largest absolute Gasteiger partial charge is 0.144 e. The van der Waals surface area contributed by atoms with Gasteiger partial charge in [-0.15, -0.1) is 11.3 Å². The summed E-state index contributed by atoms with van der Waals surface area (Å²) in [7, 11) is 0. The van der Waals surface area contributed by atoms with E-state index in [0.29, 0.717) is 0 Å². The number of allylic oxidation sites excluding steroid dienone is 3. The Morgan fingerprint density at radius 2 is 2.30 bits per heavy atom. The number of hydrogen-bond donors (Lipinski definition) is 0. The maximum Gasteiger partial charge on any atom is 0.0305 e. The van der Waals surface area contributed by atoms with Crippen LogP contribution in [0, 0.1) is 0 Å². The van der Waals surface area contributed by atoms with E-state index in [1.54, 1.807) is 0 Å². The normalized spacial score (nSPS) is 14.8. The van der Waals surface area contributed by atoms with Crippen molar-refractivity contribution in [1.29, 1.82) is 0 Å². The van der Waals surface area contributed by atoms with Gasteiger partial charge >= 0.3 is 0 Å². The van der Waals surface area contributed by atoms with E-state index in [1.807, 2.05) is 11.3 Å². The summed E-state index contributed by atoms with van der Waals surface area (Å²) in [6, 6.07) is 2.19. The van der Waals surface area contributed by atoms with Crippen molar-refractivity contribution in [3.05, 3.63) is 40.1 Å². The molecule has 0 amide bonds. The SMILES string of the molecule is C1=CCc2ccsc2C=C1. The van der Waals surface area contributed by atoms with E-state index in [9.17, 15) is 0 Å². The molecule has 0 saturated carbocycles. The topological polar surface area (TPSA) is 0 Å². The van der Waals surface area contributed by atoms with E-state index < -0.39 is 0 Å². The second kappa shape index (κ2) is 2.43. The fraction of sp³-hybridized carbons (Fsp3) is 0.111. The zero-order valence-electron chi connectivity index (χ0n) is 5.58. The van der Waals surface area contributed by atoms with Gasteiger partial charge in [-0.1, -0.05) is 18.2 Å². The van der Waals surface area contributed by atoms with Crippen molar-refractivity contribution in [1.82, 2.24) is 0 Å². The molecule has 0 nitrogen and oxygen atoms in total. The van der Waals surface area contributed by atoms with Crippen LogP contribution in [-0.2, 0) is 6.42 Å². The van der Waals surface area contributed by atoms with Crippen LogP contribution in [0.25, 0.3) is 6.08 Å². The Hall–Kier alpha value is -0.820. The molecule has 0 spiro atoms. The fourth-order valence-corrected chi connectivity index (χ4v) is 1.92.